The molecule has 1 fully saturated rings. The van der Waals surface area contributed by atoms with Crippen LogP contribution in [0.1, 0.15) is 30.1 Å². The summed E-state index contributed by atoms with van der Waals surface area (Å²) in [7, 11) is 1.36. The molecule has 0 aliphatic heterocycles. The summed E-state index contributed by atoms with van der Waals surface area (Å²) in [6.45, 7) is 2.18. The summed E-state index contributed by atoms with van der Waals surface area (Å²) < 4.78 is 4.69. The highest BCUT2D eigenvalue weighted by atomic mass is 16.5. The summed E-state index contributed by atoms with van der Waals surface area (Å²) in [4.78, 5) is 11.5. The molecule has 0 aromatic heterocycles. The summed E-state index contributed by atoms with van der Waals surface area (Å²) in [6, 6.07) is 5.88. The lowest BCUT2D eigenvalue weighted by Crippen LogP contribution is -2.11. The van der Waals surface area contributed by atoms with Crippen molar-refractivity contribution in [3.63, 3.8) is 0 Å². The molecule has 0 bridgehead atoms. The number of ether oxygens (including phenoxy) is 1. The fourth-order valence-corrected chi connectivity index (χ4v) is 2.05. The smallest absolute Gasteiger partial charge is 0.340 e. The molecule has 1 aromatic rings. The molecule has 92 valence electrons. The number of hydrogen-bond acceptors (Lipinski definition) is 4. The van der Waals surface area contributed by atoms with Crippen LogP contribution < -0.4 is 11.1 Å². The average molecular weight is 234 g/mol. The van der Waals surface area contributed by atoms with Gasteiger partial charge in [-0.2, -0.15) is 0 Å². The van der Waals surface area contributed by atoms with Gasteiger partial charge in [-0.15, -0.1) is 0 Å². The normalized spacial score (nSPS) is 22.0. The van der Waals surface area contributed by atoms with Gasteiger partial charge in [0.05, 0.1) is 24.0 Å². The van der Waals surface area contributed by atoms with Crippen LogP contribution in [0.5, 0.6) is 0 Å². The van der Waals surface area contributed by atoms with Crippen LogP contribution in [0.4, 0.5) is 11.4 Å². The first-order valence-electron chi connectivity index (χ1n) is 5.90. The standard InChI is InChI=1S/C13H18N2O2/c1-3-8-7-11(8)15-10-6-4-5-9(12(10)14)13(16)17-2/h4-6,8,11,15H,3,7,14H2,1-2H3. The highest BCUT2D eigenvalue weighted by molar-refractivity contribution is 5.98. The van der Waals surface area contributed by atoms with Gasteiger partial charge in [0.25, 0.3) is 0 Å². The van der Waals surface area contributed by atoms with Gasteiger partial charge in [-0.1, -0.05) is 19.4 Å². The molecule has 1 saturated carbocycles. The van der Waals surface area contributed by atoms with Gasteiger partial charge in [-0.05, 0) is 24.5 Å². The first-order valence-corrected chi connectivity index (χ1v) is 5.90. The van der Waals surface area contributed by atoms with Crippen molar-refractivity contribution in [3.05, 3.63) is 23.8 Å². The van der Waals surface area contributed by atoms with Crippen molar-refractivity contribution >= 4 is 17.3 Å². The molecule has 2 rings (SSSR count). The summed E-state index contributed by atoms with van der Waals surface area (Å²) in [5.41, 5.74) is 7.68. The van der Waals surface area contributed by atoms with Gasteiger partial charge in [0.1, 0.15) is 0 Å². The monoisotopic (exact) mass is 234 g/mol. The number of anilines is 2. The van der Waals surface area contributed by atoms with E-state index in [2.05, 4.69) is 17.0 Å². The van der Waals surface area contributed by atoms with E-state index in [0.29, 0.717) is 17.3 Å². The number of nitrogen functional groups attached to an aromatic ring is 1. The third-order valence-corrected chi connectivity index (χ3v) is 3.30. The Morgan fingerprint density at radius 3 is 2.94 bits per heavy atom. The molecule has 0 saturated heterocycles. The Labute approximate surface area is 101 Å². The molecule has 1 aliphatic rings. The molecule has 0 radical (unpaired) electrons. The van der Waals surface area contributed by atoms with Gasteiger partial charge in [0, 0.05) is 6.04 Å². The minimum atomic E-state index is -0.394. The van der Waals surface area contributed by atoms with E-state index in [1.165, 1.54) is 20.0 Å². The molecule has 0 heterocycles. The Morgan fingerprint density at radius 2 is 2.35 bits per heavy atom. The summed E-state index contributed by atoms with van der Waals surface area (Å²) in [5.74, 6) is 0.338. The van der Waals surface area contributed by atoms with E-state index in [9.17, 15) is 4.79 Å². The molecule has 2 atom stereocenters. The number of rotatable bonds is 4. The zero-order valence-electron chi connectivity index (χ0n) is 10.2. The number of methoxy groups -OCH3 is 1. The number of nitrogens with one attached hydrogen (secondary N) is 1. The first-order chi connectivity index (χ1) is 8.17. The maximum atomic E-state index is 11.5. The highest BCUT2D eigenvalue weighted by Gasteiger charge is 2.35. The van der Waals surface area contributed by atoms with Crippen LogP contribution >= 0.6 is 0 Å². The molecule has 4 nitrogen and oxygen atoms in total. The van der Waals surface area contributed by atoms with E-state index in [-0.39, 0.29) is 0 Å². The molecule has 1 aromatic carbocycles. The van der Waals surface area contributed by atoms with Crippen molar-refractivity contribution in [2.75, 3.05) is 18.2 Å². The molecule has 0 amide bonds. The van der Waals surface area contributed by atoms with Gasteiger partial charge >= 0.3 is 5.97 Å². The number of nitrogens with two attached hydrogens (primary N) is 1. The molecule has 17 heavy (non-hydrogen) atoms. The summed E-state index contributed by atoms with van der Waals surface area (Å²) in [5, 5.41) is 3.37. The second-order valence-corrected chi connectivity index (χ2v) is 4.41. The predicted octanol–water partition coefficient (Wildman–Crippen LogP) is 2.27. The Morgan fingerprint density at radius 1 is 1.59 bits per heavy atom. The number of carbonyl (C=O) groups is 1. The van der Waals surface area contributed by atoms with E-state index >= 15 is 0 Å². The molecular weight excluding hydrogens is 216 g/mol. The van der Waals surface area contributed by atoms with E-state index < -0.39 is 5.97 Å². The third-order valence-electron chi connectivity index (χ3n) is 3.30. The number of para-hydroxylation sites is 1. The largest absolute Gasteiger partial charge is 0.465 e. The lowest BCUT2D eigenvalue weighted by Gasteiger charge is -2.11. The minimum absolute atomic E-state index is 0.394. The lowest BCUT2D eigenvalue weighted by molar-refractivity contribution is 0.0602. The Kier molecular flexibility index (Phi) is 3.22. The van der Waals surface area contributed by atoms with Gasteiger partial charge in [0.2, 0.25) is 0 Å². The zero-order valence-corrected chi connectivity index (χ0v) is 10.2. The summed E-state index contributed by atoms with van der Waals surface area (Å²) >= 11 is 0. The number of esters is 1. The van der Waals surface area contributed by atoms with Crippen LogP contribution in [0, 0.1) is 5.92 Å². The fraction of sp³-hybridized carbons (Fsp3) is 0.462. The van der Waals surface area contributed by atoms with E-state index in [0.717, 1.165) is 11.6 Å². The molecule has 0 spiro atoms. The van der Waals surface area contributed by atoms with Crippen LogP contribution in [-0.2, 0) is 4.74 Å². The van der Waals surface area contributed by atoms with Crippen molar-refractivity contribution in [2.24, 2.45) is 5.92 Å². The lowest BCUT2D eigenvalue weighted by atomic mass is 10.1. The molecule has 1 aliphatic carbocycles. The molecule has 3 N–H and O–H groups in total. The second kappa shape index (κ2) is 4.65. The second-order valence-electron chi connectivity index (χ2n) is 4.41. The van der Waals surface area contributed by atoms with E-state index in [1.807, 2.05) is 12.1 Å². The maximum Gasteiger partial charge on any atom is 0.340 e. The molecular formula is C13H18N2O2. The van der Waals surface area contributed by atoms with E-state index in [4.69, 9.17) is 5.73 Å². The van der Waals surface area contributed by atoms with Crippen LogP contribution in [-0.4, -0.2) is 19.1 Å². The number of benzene rings is 1. The molecule has 4 heteroatoms. The number of hydrogen-bond donors (Lipinski definition) is 2. The zero-order chi connectivity index (χ0) is 12.4. The van der Waals surface area contributed by atoms with Crippen LogP contribution in [0.2, 0.25) is 0 Å². The van der Waals surface area contributed by atoms with Gasteiger partial charge in [-0.3, -0.25) is 0 Å². The van der Waals surface area contributed by atoms with Crippen LogP contribution in [0.15, 0.2) is 18.2 Å². The quantitative estimate of drug-likeness (QED) is 0.619. The highest BCUT2D eigenvalue weighted by Crippen LogP contribution is 2.37. The minimum Gasteiger partial charge on any atom is -0.465 e. The third kappa shape index (κ3) is 2.35. The van der Waals surface area contributed by atoms with Gasteiger partial charge in [0.15, 0.2) is 0 Å². The Hall–Kier alpha value is -1.71. The Balaban J connectivity index is 2.15. The van der Waals surface area contributed by atoms with Crippen molar-refractivity contribution in [1.82, 2.24) is 0 Å². The molecule has 2 unspecified atom stereocenters. The van der Waals surface area contributed by atoms with Crippen LogP contribution in [0.25, 0.3) is 0 Å². The maximum absolute atomic E-state index is 11.5. The Bertz CT molecular complexity index is 431. The SMILES string of the molecule is CCC1CC1Nc1cccc(C(=O)OC)c1N. The van der Waals surface area contributed by atoms with Crippen LogP contribution in [0.3, 0.4) is 0 Å². The van der Waals surface area contributed by atoms with Gasteiger partial charge < -0.3 is 15.8 Å². The van der Waals surface area contributed by atoms with Crippen molar-refractivity contribution in [3.8, 4) is 0 Å². The summed E-state index contributed by atoms with van der Waals surface area (Å²) in [6.07, 6.45) is 2.35. The fourth-order valence-electron chi connectivity index (χ4n) is 2.05. The van der Waals surface area contributed by atoms with E-state index in [1.54, 1.807) is 6.07 Å². The number of carbonyl (C=O) groups excluding carboxylic acids is 1. The van der Waals surface area contributed by atoms with Crippen molar-refractivity contribution in [2.45, 2.75) is 25.8 Å². The van der Waals surface area contributed by atoms with Gasteiger partial charge in [-0.25, -0.2) is 4.79 Å². The predicted molar refractivity (Wildman–Crippen MR) is 68.0 cm³/mol. The average Bonchev–Trinajstić information content (AvgIpc) is 3.09. The topological polar surface area (TPSA) is 64.3 Å². The first kappa shape index (κ1) is 11.8. The van der Waals surface area contributed by atoms with Crippen molar-refractivity contribution < 1.29 is 9.53 Å². The van der Waals surface area contributed by atoms with Crippen molar-refractivity contribution in [1.29, 1.82) is 0 Å².